The minimum Gasteiger partial charge on any atom is -0.292 e. The van der Waals surface area contributed by atoms with Crippen LogP contribution in [-0.2, 0) is 7.05 Å². The SMILES string of the molecule is Cn1cc(Sc2nc(NN)nc3ccccc23)cn1. The number of aromatic nitrogens is 4. The molecule has 0 atom stereocenters. The highest BCUT2D eigenvalue weighted by Gasteiger charge is 2.09. The Balaban J connectivity index is 2.10. The predicted octanol–water partition coefficient (Wildman–Crippen LogP) is 1.80. The number of hydrogen-bond acceptors (Lipinski definition) is 6. The van der Waals surface area contributed by atoms with Gasteiger partial charge < -0.3 is 0 Å². The van der Waals surface area contributed by atoms with E-state index in [0.717, 1.165) is 20.8 Å². The normalized spacial score (nSPS) is 10.8. The highest BCUT2D eigenvalue weighted by atomic mass is 32.2. The summed E-state index contributed by atoms with van der Waals surface area (Å²) in [5.74, 6) is 5.81. The van der Waals surface area contributed by atoms with Crippen molar-refractivity contribution in [2.75, 3.05) is 5.43 Å². The number of nitrogens with zero attached hydrogens (tertiary/aromatic N) is 4. The molecule has 0 fully saturated rings. The van der Waals surface area contributed by atoms with Gasteiger partial charge in [-0.1, -0.05) is 30.0 Å². The smallest absolute Gasteiger partial charge is 0.238 e. The van der Waals surface area contributed by atoms with Crippen molar-refractivity contribution < 1.29 is 0 Å². The van der Waals surface area contributed by atoms with E-state index in [1.807, 2.05) is 37.5 Å². The topological polar surface area (TPSA) is 81.7 Å². The van der Waals surface area contributed by atoms with Crippen LogP contribution in [0.1, 0.15) is 0 Å². The van der Waals surface area contributed by atoms with Crippen molar-refractivity contribution in [3.8, 4) is 0 Å². The van der Waals surface area contributed by atoms with Crippen molar-refractivity contribution in [2.24, 2.45) is 12.9 Å². The Morgan fingerprint density at radius 3 is 2.84 bits per heavy atom. The molecule has 0 aliphatic carbocycles. The van der Waals surface area contributed by atoms with Crippen LogP contribution in [0.15, 0.2) is 46.6 Å². The summed E-state index contributed by atoms with van der Waals surface area (Å²) in [4.78, 5) is 9.74. The fourth-order valence-corrected chi connectivity index (χ4v) is 2.70. The van der Waals surface area contributed by atoms with Gasteiger partial charge in [0.2, 0.25) is 5.95 Å². The van der Waals surface area contributed by atoms with Crippen LogP contribution < -0.4 is 11.3 Å². The van der Waals surface area contributed by atoms with E-state index in [4.69, 9.17) is 5.84 Å². The molecule has 6 nitrogen and oxygen atoms in total. The van der Waals surface area contributed by atoms with Crippen LogP contribution >= 0.6 is 11.8 Å². The number of nitrogens with one attached hydrogen (secondary N) is 1. The second-order valence-electron chi connectivity index (χ2n) is 3.97. The number of hydrazine groups is 1. The summed E-state index contributed by atoms with van der Waals surface area (Å²) in [5, 5.41) is 6.00. The molecule has 0 spiro atoms. The molecule has 0 bridgehead atoms. The summed E-state index contributed by atoms with van der Waals surface area (Å²) in [6, 6.07) is 7.84. The molecule has 0 aliphatic heterocycles. The zero-order chi connectivity index (χ0) is 13.2. The minimum absolute atomic E-state index is 0.407. The third kappa shape index (κ3) is 2.38. The monoisotopic (exact) mass is 272 g/mol. The maximum Gasteiger partial charge on any atom is 0.238 e. The number of anilines is 1. The Morgan fingerprint density at radius 1 is 1.26 bits per heavy atom. The van der Waals surface area contributed by atoms with Crippen LogP contribution in [0.5, 0.6) is 0 Å². The van der Waals surface area contributed by atoms with Gasteiger partial charge in [0.25, 0.3) is 0 Å². The first-order valence-corrected chi connectivity index (χ1v) is 6.48. The molecule has 96 valence electrons. The molecule has 0 radical (unpaired) electrons. The lowest BCUT2D eigenvalue weighted by Gasteiger charge is -2.06. The number of para-hydroxylation sites is 1. The van der Waals surface area contributed by atoms with Crippen molar-refractivity contribution in [3.63, 3.8) is 0 Å². The van der Waals surface area contributed by atoms with Gasteiger partial charge in [-0.3, -0.25) is 10.1 Å². The van der Waals surface area contributed by atoms with Crippen LogP contribution in [0.3, 0.4) is 0 Å². The number of hydrogen-bond donors (Lipinski definition) is 2. The van der Waals surface area contributed by atoms with E-state index in [1.165, 1.54) is 11.8 Å². The fraction of sp³-hybridized carbons (Fsp3) is 0.0833. The largest absolute Gasteiger partial charge is 0.292 e. The van der Waals surface area contributed by atoms with Gasteiger partial charge >= 0.3 is 0 Å². The number of nitrogens with two attached hydrogens (primary N) is 1. The second kappa shape index (κ2) is 4.87. The molecular weight excluding hydrogens is 260 g/mol. The first-order chi connectivity index (χ1) is 9.26. The Morgan fingerprint density at radius 2 is 2.11 bits per heavy atom. The van der Waals surface area contributed by atoms with Crippen molar-refractivity contribution in [1.82, 2.24) is 19.7 Å². The molecule has 0 aliphatic rings. The zero-order valence-corrected chi connectivity index (χ0v) is 11.1. The van der Waals surface area contributed by atoms with Gasteiger partial charge in [-0.25, -0.2) is 15.8 Å². The van der Waals surface area contributed by atoms with E-state index in [9.17, 15) is 0 Å². The lowest BCUT2D eigenvalue weighted by Crippen LogP contribution is -2.10. The van der Waals surface area contributed by atoms with Crippen LogP contribution in [0.2, 0.25) is 0 Å². The van der Waals surface area contributed by atoms with Gasteiger partial charge in [0.15, 0.2) is 0 Å². The Labute approximate surface area is 114 Å². The minimum atomic E-state index is 0.407. The van der Waals surface area contributed by atoms with Crippen molar-refractivity contribution >= 4 is 28.6 Å². The molecule has 0 amide bonds. The van der Waals surface area contributed by atoms with Crippen LogP contribution in [0, 0.1) is 0 Å². The summed E-state index contributed by atoms with van der Waals surface area (Å²) in [6.45, 7) is 0. The van der Waals surface area contributed by atoms with E-state index in [-0.39, 0.29) is 0 Å². The fourth-order valence-electron chi connectivity index (χ4n) is 1.75. The quantitative estimate of drug-likeness (QED) is 0.430. The first-order valence-electron chi connectivity index (χ1n) is 5.66. The van der Waals surface area contributed by atoms with Crippen molar-refractivity contribution in [3.05, 3.63) is 36.7 Å². The number of rotatable bonds is 3. The number of benzene rings is 1. The van der Waals surface area contributed by atoms with Gasteiger partial charge in [0.1, 0.15) is 5.03 Å². The summed E-state index contributed by atoms with van der Waals surface area (Å²) in [5.41, 5.74) is 3.35. The number of fused-ring (bicyclic) bond motifs is 1. The van der Waals surface area contributed by atoms with E-state index < -0.39 is 0 Å². The summed E-state index contributed by atoms with van der Waals surface area (Å²) < 4.78 is 1.76. The van der Waals surface area contributed by atoms with E-state index in [0.29, 0.717) is 5.95 Å². The summed E-state index contributed by atoms with van der Waals surface area (Å²) in [6.07, 6.45) is 3.74. The second-order valence-corrected chi connectivity index (χ2v) is 5.03. The van der Waals surface area contributed by atoms with Crippen LogP contribution in [-0.4, -0.2) is 19.7 Å². The maximum atomic E-state index is 5.41. The Kier molecular flexibility index (Phi) is 3.06. The van der Waals surface area contributed by atoms with E-state index in [2.05, 4.69) is 20.5 Å². The third-order valence-corrected chi connectivity index (χ3v) is 3.54. The van der Waals surface area contributed by atoms with Gasteiger partial charge in [-0.05, 0) is 6.07 Å². The summed E-state index contributed by atoms with van der Waals surface area (Å²) in [7, 11) is 1.88. The molecule has 0 saturated carbocycles. The van der Waals surface area contributed by atoms with Crippen molar-refractivity contribution in [1.29, 1.82) is 0 Å². The molecule has 0 saturated heterocycles. The van der Waals surface area contributed by atoms with Gasteiger partial charge in [-0.15, -0.1) is 0 Å². The van der Waals surface area contributed by atoms with Gasteiger partial charge in [0.05, 0.1) is 16.6 Å². The average molecular weight is 272 g/mol. The number of aryl methyl sites for hydroxylation is 1. The van der Waals surface area contributed by atoms with Crippen LogP contribution in [0.4, 0.5) is 5.95 Å². The molecule has 3 aromatic rings. The Hall–Kier alpha value is -2.12. The molecule has 0 unspecified atom stereocenters. The molecule has 2 aromatic heterocycles. The van der Waals surface area contributed by atoms with Gasteiger partial charge in [0, 0.05) is 18.6 Å². The molecule has 1 aromatic carbocycles. The molecular formula is C12H12N6S. The molecule has 3 N–H and O–H groups in total. The third-order valence-electron chi connectivity index (χ3n) is 2.59. The standard InChI is InChI=1S/C12H12N6S/c1-18-7-8(6-14-18)19-11-9-4-2-3-5-10(9)15-12(16-11)17-13/h2-7H,13H2,1H3,(H,15,16,17). The zero-order valence-electron chi connectivity index (χ0n) is 10.2. The van der Waals surface area contributed by atoms with Crippen LogP contribution in [0.25, 0.3) is 10.9 Å². The first kappa shape index (κ1) is 11.9. The number of nitrogen functional groups attached to an aromatic ring is 1. The average Bonchev–Trinajstić information content (AvgIpc) is 2.84. The van der Waals surface area contributed by atoms with E-state index in [1.54, 1.807) is 10.9 Å². The molecule has 3 rings (SSSR count). The lowest BCUT2D eigenvalue weighted by molar-refractivity contribution is 0.766. The predicted molar refractivity (Wildman–Crippen MR) is 74.7 cm³/mol. The maximum absolute atomic E-state index is 5.41. The lowest BCUT2D eigenvalue weighted by atomic mass is 10.2. The molecule has 2 heterocycles. The summed E-state index contributed by atoms with van der Waals surface area (Å²) >= 11 is 1.54. The molecule has 19 heavy (non-hydrogen) atoms. The Bertz CT molecular complexity index is 723. The van der Waals surface area contributed by atoms with Crippen molar-refractivity contribution in [2.45, 2.75) is 9.92 Å². The molecule has 7 heteroatoms. The van der Waals surface area contributed by atoms with E-state index >= 15 is 0 Å². The highest BCUT2D eigenvalue weighted by molar-refractivity contribution is 7.99. The highest BCUT2D eigenvalue weighted by Crippen LogP contribution is 2.31. The van der Waals surface area contributed by atoms with Gasteiger partial charge in [-0.2, -0.15) is 5.10 Å².